The lowest BCUT2D eigenvalue weighted by Gasteiger charge is -2.38. The van der Waals surface area contributed by atoms with Crippen molar-refractivity contribution in [3.63, 3.8) is 0 Å². The number of aromatic nitrogens is 2. The van der Waals surface area contributed by atoms with Gasteiger partial charge in [-0.15, -0.1) is 0 Å². The smallest absolute Gasteiger partial charge is 0.336 e. The Kier molecular flexibility index (Phi) is 8.71. The van der Waals surface area contributed by atoms with Gasteiger partial charge in [-0.1, -0.05) is 30.3 Å². The van der Waals surface area contributed by atoms with E-state index in [9.17, 15) is 27.9 Å². The number of aromatic hydroxyl groups is 1. The zero-order valence-corrected chi connectivity index (χ0v) is 26.9. The SMILES string of the molecule is COC(=O)C1=C(C)N(Cn2c(=S)n(-c3ccc(S(N)(=O)=O)cc3)c(=O)c3ccccc32)C(C)=C(C(=O)OC)C1c1ccccc1O. The van der Waals surface area contributed by atoms with Crippen LogP contribution in [-0.2, 0) is 35.8 Å². The minimum Gasteiger partial charge on any atom is -0.508 e. The third kappa shape index (κ3) is 5.50. The van der Waals surface area contributed by atoms with E-state index >= 15 is 0 Å². The molecule has 5 rings (SSSR count). The molecule has 1 aliphatic rings. The van der Waals surface area contributed by atoms with Crippen LogP contribution in [0.25, 0.3) is 16.6 Å². The maximum absolute atomic E-state index is 13.8. The van der Waals surface area contributed by atoms with Crippen molar-refractivity contribution < 1.29 is 32.6 Å². The fourth-order valence-corrected chi connectivity index (χ4v) is 6.58. The molecule has 14 heteroatoms. The first-order chi connectivity index (χ1) is 21.8. The second-order valence-electron chi connectivity index (χ2n) is 10.4. The van der Waals surface area contributed by atoms with Gasteiger partial charge in [-0.25, -0.2) is 23.1 Å². The molecule has 1 aliphatic heterocycles. The van der Waals surface area contributed by atoms with Crippen molar-refractivity contribution in [3.05, 3.63) is 116 Å². The number of esters is 2. The summed E-state index contributed by atoms with van der Waals surface area (Å²) < 4.78 is 37.0. The average Bonchev–Trinajstić information content (AvgIpc) is 3.03. The topological polar surface area (TPSA) is 163 Å². The number of hydrogen-bond acceptors (Lipinski definition) is 10. The number of allylic oxidation sites excluding steroid dienone is 2. The molecular weight excluding hydrogens is 633 g/mol. The quantitative estimate of drug-likeness (QED) is 0.220. The maximum atomic E-state index is 13.8. The molecule has 4 aromatic rings. The van der Waals surface area contributed by atoms with Gasteiger partial charge in [0.2, 0.25) is 10.0 Å². The number of nitrogens with two attached hydrogens (primary N) is 1. The van der Waals surface area contributed by atoms with E-state index in [0.717, 1.165) is 0 Å². The lowest BCUT2D eigenvalue weighted by molar-refractivity contribution is -0.137. The highest BCUT2D eigenvalue weighted by Crippen LogP contribution is 2.45. The van der Waals surface area contributed by atoms with Crippen LogP contribution in [0.3, 0.4) is 0 Å². The minimum absolute atomic E-state index is 0.0507. The van der Waals surface area contributed by atoms with Gasteiger partial charge in [0.15, 0.2) is 4.77 Å². The van der Waals surface area contributed by atoms with Crippen molar-refractivity contribution in [2.45, 2.75) is 31.3 Å². The van der Waals surface area contributed by atoms with Crippen LogP contribution in [0.4, 0.5) is 0 Å². The fraction of sp³-hybridized carbons (Fsp3) is 0.188. The summed E-state index contributed by atoms with van der Waals surface area (Å²) in [7, 11) is -1.54. The molecule has 1 aromatic heterocycles. The predicted molar refractivity (Wildman–Crippen MR) is 172 cm³/mol. The minimum atomic E-state index is -3.98. The van der Waals surface area contributed by atoms with Gasteiger partial charge in [0.05, 0.1) is 52.8 Å². The summed E-state index contributed by atoms with van der Waals surface area (Å²) in [5, 5.41) is 16.4. The number of carbonyl (C=O) groups is 2. The Labute approximate surface area is 269 Å². The molecule has 2 heterocycles. The van der Waals surface area contributed by atoms with Crippen molar-refractivity contribution in [2.75, 3.05) is 14.2 Å². The number of nitrogens with zero attached hydrogens (tertiary/aromatic N) is 3. The monoisotopic (exact) mass is 662 g/mol. The van der Waals surface area contributed by atoms with Crippen LogP contribution < -0.4 is 10.7 Å². The van der Waals surface area contributed by atoms with E-state index in [-0.39, 0.29) is 33.2 Å². The number of sulfonamides is 1. The van der Waals surface area contributed by atoms with Crippen LogP contribution in [-0.4, -0.2) is 53.7 Å². The van der Waals surface area contributed by atoms with E-state index in [1.807, 2.05) is 0 Å². The fourth-order valence-electron chi connectivity index (χ4n) is 5.72. The summed E-state index contributed by atoms with van der Waals surface area (Å²) >= 11 is 5.87. The normalized spacial score (nSPS) is 14.2. The van der Waals surface area contributed by atoms with Crippen LogP contribution in [0.1, 0.15) is 25.3 Å². The number of phenolic OH excluding ortho intramolecular Hbond substituents is 1. The van der Waals surface area contributed by atoms with Gasteiger partial charge < -0.3 is 19.5 Å². The molecule has 238 valence electrons. The zero-order chi connectivity index (χ0) is 33.5. The van der Waals surface area contributed by atoms with Crippen LogP contribution in [0.15, 0.2) is 105 Å². The molecule has 12 nitrogen and oxygen atoms in total. The van der Waals surface area contributed by atoms with Crippen LogP contribution >= 0.6 is 12.2 Å². The summed E-state index contributed by atoms with van der Waals surface area (Å²) in [6, 6.07) is 18.6. The Hall–Kier alpha value is -5.05. The Bertz CT molecular complexity index is 2160. The molecule has 3 N–H and O–H groups in total. The van der Waals surface area contributed by atoms with Gasteiger partial charge in [0.1, 0.15) is 12.4 Å². The van der Waals surface area contributed by atoms with Gasteiger partial charge in [-0.2, -0.15) is 0 Å². The maximum Gasteiger partial charge on any atom is 0.336 e. The standard InChI is InChI=1S/C32H30N4O8S2/c1-18-26(30(39)43-3)28(23-10-6-8-12-25(23)37)27(31(40)44-4)19(2)34(18)17-35-24-11-7-5-9-22(24)29(38)36(32(35)45)20-13-15-21(16-14-20)46(33,41)42/h5-16,28,37H,17H2,1-4H3,(H2,33,41,42). The molecule has 0 atom stereocenters. The molecule has 46 heavy (non-hydrogen) atoms. The first-order valence-electron chi connectivity index (χ1n) is 13.8. The van der Waals surface area contributed by atoms with E-state index in [0.29, 0.717) is 33.5 Å². The second kappa shape index (κ2) is 12.4. The number of ether oxygens (including phenoxy) is 2. The molecule has 3 aromatic carbocycles. The number of primary sulfonamides is 1. The first-order valence-corrected chi connectivity index (χ1v) is 15.8. The summed E-state index contributed by atoms with van der Waals surface area (Å²) in [5.41, 5.74) is 1.64. The van der Waals surface area contributed by atoms with Crippen molar-refractivity contribution in [1.82, 2.24) is 14.0 Å². The molecule has 0 unspecified atom stereocenters. The number of methoxy groups -OCH3 is 2. The van der Waals surface area contributed by atoms with Gasteiger partial charge in [0.25, 0.3) is 5.56 Å². The Morgan fingerprint density at radius 2 is 1.43 bits per heavy atom. The third-order valence-corrected chi connectivity index (χ3v) is 9.31. The summed E-state index contributed by atoms with van der Waals surface area (Å²) in [4.78, 5) is 42.1. The Morgan fingerprint density at radius 1 is 0.891 bits per heavy atom. The third-order valence-electron chi connectivity index (χ3n) is 7.98. The summed E-state index contributed by atoms with van der Waals surface area (Å²) in [6.45, 7) is 3.30. The molecule has 0 radical (unpaired) electrons. The van der Waals surface area contributed by atoms with Crippen molar-refractivity contribution in [2.24, 2.45) is 5.14 Å². The first kappa shape index (κ1) is 32.3. The highest BCUT2D eigenvalue weighted by atomic mass is 32.2. The van der Waals surface area contributed by atoms with Crippen LogP contribution in [0.2, 0.25) is 0 Å². The number of para-hydroxylation sites is 2. The number of carbonyl (C=O) groups excluding carboxylic acids is 2. The van der Waals surface area contributed by atoms with Crippen molar-refractivity contribution in [1.29, 1.82) is 0 Å². The molecule has 0 aliphatic carbocycles. The van der Waals surface area contributed by atoms with E-state index in [4.69, 9.17) is 26.8 Å². The number of rotatable bonds is 7. The lowest BCUT2D eigenvalue weighted by Crippen LogP contribution is -2.37. The van der Waals surface area contributed by atoms with E-state index < -0.39 is 33.4 Å². The van der Waals surface area contributed by atoms with E-state index in [2.05, 4.69) is 0 Å². The molecule has 0 spiro atoms. The van der Waals surface area contributed by atoms with Gasteiger partial charge in [0, 0.05) is 17.0 Å². The highest BCUT2D eigenvalue weighted by Gasteiger charge is 2.41. The number of phenols is 1. The van der Waals surface area contributed by atoms with Crippen molar-refractivity contribution in [3.8, 4) is 11.4 Å². The number of benzene rings is 3. The van der Waals surface area contributed by atoms with Gasteiger partial charge in [-0.05, 0) is 68.5 Å². The number of hydrogen-bond donors (Lipinski definition) is 2. The molecule has 0 saturated carbocycles. The van der Waals surface area contributed by atoms with Gasteiger partial charge >= 0.3 is 11.9 Å². The molecule has 0 amide bonds. The molecule has 0 bridgehead atoms. The number of fused-ring (bicyclic) bond motifs is 1. The largest absolute Gasteiger partial charge is 0.508 e. The van der Waals surface area contributed by atoms with Crippen molar-refractivity contribution >= 4 is 45.1 Å². The predicted octanol–water partition coefficient (Wildman–Crippen LogP) is 3.83. The Morgan fingerprint density at radius 3 is 1.98 bits per heavy atom. The lowest BCUT2D eigenvalue weighted by atomic mass is 9.79. The van der Waals surface area contributed by atoms with Gasteiger partial charge in [-0.3, -0.25) is 13.9 Å². The molecule has 0 saturated heterocycles. The summed E-state index contributed by atoms with van der Waals surface area (Å²) in [6.07, 6.45) is 0. The highest BCUT2D eigenvalue weighted by molar-refractivity contribution is 7.89. The molecular formula is C32H30N4O8S2. The average molecular weight is 663 g/mol. The summed E-state index contributed by atoms with van der Waals surface area (Å²) in [5.74, 6) is -2.59. The second-order valence-corrected chi connectivity index (χ2v) is 12.4. The van der Waals surface area contributed by atoms with Crippen LogP contribution in [0, 0.1) is 4.77 Å². The van der Waals surface area contributed by atoms with E-state index in [1.54, 1.807) is 65.8 Å². The molecule has 0 fully saturated rings. The van der Waals surface area contributed by atoms with E-state index in [1.165, 1.54) is 49.1 Å². The van der Waals surface area contributed by atoms with Crippen LogP contribution in [0.5, 0.6) is 5.75 Å². The zero-order valence-electron chi connectivity index (χ0n) is 25.3. The Balaban J connectivity index is 1.78.